The van der Waals surface area contributed by atoms with Crippen molar-refractivity contribution in [3.8, 4) is 0 Å². The first-order valence-electron chi connectivity index (χ1n) is 5.72. The molecular formula is C12H22N2. The van der Waals surface area contributed by atoms with Crippen LogP contribution in [0.15, 0.2) is 17.6 Å². The Morgan fingerprint density at radius 1 is 1.36 bits per heavy atom. The third-order valence-corrected chi connectivity index (χ3v) is 3.15. The number of hydrogen-bond acceptors (Lipinski definition) is 1. The molecule has 0 saturated heterocycles. The minimum atomic E-state index is 0.238. The molecule has 0 aliphatic heterocycles. The first-order chi connectivity index (χ1) is 6.86. The summed E-state index contributed by atoms with van der Waals surface area (Å²) in [6, 6.07) is 0.238. The van der Waals surface area contributed by atoms with Gasteiger partial charge >= 0.3 is 0 Å². The lowest BCUT2D eigenvalue weighted by atomic mass is 9.85. The molecule has 0 heterocycles. The van der Waals surface area contributed by atoms with Crippen molar-refractivity contribution in [2.45, 2.75) is 51.0 Å². The lowest BCUT2D eigenvalue weighted by Gasteiger charge is -2.22. The van der Waals surface area contributed by atoms with Crippen LogP contribution in [-0.4, -0.2) is 12.4 Å². The van der Waals surface area contributed by atoms with Crippen molar-refractivity contribution in [1.29, 1.82) is 0 Å². The Hall–Kier alpha value is -0.790. The molecule has 1 saturated carbocycles. The molecule has 2 heteroatoms. The standard InChI is InChI=1S/C12H22N2/c1-2-12(14-10-13)9-8-11-6-4-3-5-7-11/h2,10-12H,1,3-9H2,(H2,13,14). The van der Waals surface area contributed by atoms with Gasteiger partial charge in [0.1, 0.15) is 0 Å². The maximum absolute atomic E-state index is 5.27. The van der Waals surface area contributed by atoms with Gasteiger partial charge in [0, 0.05) is 0 Å². The molecule has 1 fully saturated rings. The molecule has 80 valence electrons. The van der Waals surface area contributed by atoms with Gasteiger partial charge in [0.05, 0.1) is 12.4 Å². The van der Waals surface area contributed by atoms with Gasteiger partial charge in [-0.15, -0.1) is 6.58 Å². The van der Waals surface area contributed by atoms with Crippen molar-refractivity contribution in [3.05, 3.63) is 12.7 Å². The number of aliphatic imine (C=N–C) groups is 1. The van der Waals surface area contributed by atoms with Gasteiger partial charge in [0.15, 0.2) is 0 Å². The minimum absolute atomic E-state index is 0.238. The summed E-state index contributed by atoms with van der Waals surface area (Å²) in [5.41, 5.74) is 5.27. The molecule has 1 rings (SSSR count). The molecule has 1 atom stereocenters. The van der Waals surface area contributed by atoms with Crippen LogP contribution in [0.1, 0.15) is 44.9 Å². The first kappa shape index (κ1) is 11.3. The highest BCUT2D eigenvalue weighted by molar-refractivity contribution is 5.51. The summed E-state index contributed by atoms with van der Waals surface area (Å²) in [5, 5.41) is 0. The average Bonchev–Trinajstić information content (AvgIpc) is 2.25. The molecule has 1 aliphatic rings. The fraction of sp³-hybridized carbons (Fsp3) is 0.750. The zero-order valence-electron chi connectivity index (χ0n) is 8.99. The first-order valence-corrected chi connectivity index (χ1v) is 5.72. The summed E-state index contributed by atoms with van der Waals surface area (Å²) >= 11 is 0. The van der Waals surface area contributed by atoms with E-state index in [2.05, 4.69) is 11.6 Å². The number of nitrogens with two attached hydrogens (primary N) is 1. The molecular weight excluding hydrogens is 172 g/mol. The van der Waals surface area contributed by atoms with Crippen molar-refractivity contribution in [1.82, 2.24) is 0 Å². The van der Waals surface area contributed by atoms with Gasteiger partial charge in [0.2, 0.25) is 0 Å². The topological polar surface area (TPSA) is 38.4 Å². The van der Waals surface area contributed by atoms with Crippen LogP contribution in [-0.2, 0) is 0 Å². The second-order valence-electron chi connectivity index (χ2n) is 4.18. The number of rotatable bonds is 5. The van der Waals surface area contributed by atoms with E-state index >= 15 is 0 Å². The summed E-state index contributed by atoms with van der Waals surface area (Å²) < 4.78 is 0. The van der Waals surface area contributed by atoms with Gasteiger partial charge in [-0.25, -0.2) is 0 Å². The van der Waals surface area contributed by atoms with E-state index in [0.717, 1.165) is 12.3 Å². The fourth-order valence-corrected chi connectivity index (χ4v) is 2.25. The largest absolute Gasteiger partial charge is 0.390 e. The Bertz CT molecular complexity index is 181. The molecule has 1 unspecified atom stereocenters. The summed E-state index contributed by atoms with van der Waals surface area (Å²) in [4.78, 5) is 4.16. The minimum Gasteiger partial charge on any atom is -0.390 e. The predicted octanol–water partition coefficient (Wildman–Crippen LogP) is 2.89. The van der Waals surface area contributed by atoms with Crippen LogP contribution in [0.25, 0.3) is 0 Å². The van der Waals surface area contributed by atoms with Crippen LogP contribution in [0.4, 0.5) is 0 Å². The zero-order valence-corrected chi connectivity index (χ0v) is 8.99. The fourth-order valence-electron chi connectivity index (χ4n) is 2.25. The molecule has 2 N–H and O–H groups in total. The molecule has 0 radical (unpaired) electrons. The average molecular weight is 194 g/mol. The second-order valence-corrected chi connectivity index (χ2v) is 4.18. The molecule has 2 nitrogen and oxygen atoms in total. The van der Waals surface area contributed by atoms with Crippen molar-refractivity contribution in [2.75, 3.05) is 0 Å². The van der Waals surface area contributed by atoms with Gasteiger partial charge in [-0.3, -0.25) is 4.99 Å². The Morgan fingerprint density at radius 3 is 2.64 bits per heavy atom. The van der Waals surface area contributed by atoms with Gasteiger partial charge in [0.25, 0.3) is 0 Å². The quantitative estimate of drug-likeness (QED) is 0.408. The smallest absolute Gasteiger partial charge is 0.0805 e. The van der Waals surface area contributed by atoms with E-state index in [0.29, 0.717) is 0 Å². The zero-order chi connectivity index (χ0) is 10.2. The monoisotopic (exact) mass is 194 g/mol. The molecule has 1 aliphatic carbocycles. The van der Waals surface area contributed by atoms with Crippen LogP contribution in [0.5, 0.6) is 0 Å². The van der Waals surface area contributed by atoms with E-state index in [1.807, 2.05) is 6.08 Å². The van der Waals surface area contributed by atoms with Gasteiger partial charge in [-0.1, -0.05) is 38.2 Å². The normalized spacial score (nSPS) is 21.1. The lowest BCUT2D eigenvalue weighted by molar-refractivity contribution is 0.329. The third kappa shape index (κ3) is 3.95. The van der Waals surface area contributed by atoms with E-state index in [4.69, 9.17) is 5.73 Å². The van der Waals surface area contributed by atoms with Crippen molar-refractivity contribution < 1.29 is 0 Å². The number of nitrogens with zero attached hydrogens (tertiary/aromatic N) is 1. The number of hydrogen-bond donors (Lipinski definition) is 1. The molecule has 0 aromatic carbocycles. The van der Waals surface area contributed by atoms with E-state index in [9.17, 15) is 0 Å². The van der Waals surface area contributed by atoms with Crippen LogP contribution >= 0.6 is 0 Å². The highest BCUT2D eigenvalue weighted by Crippen LogP contribution is 2.28. The molecule has 0 spiro atoms. The van der Waals surface area contributed by atoms with Gasteiger partial charge in [-0.05, 0) is 18.8 Å². The Labute approximate surface area is 87.3 Å². The van der Waals surface area contributed by atoms with Crippen LogP contribution < -0.4 is 5.73 Å². The Kier molecular flexibility index (Phi) is 5.35. The third-order valence-electron chi connectivity index (χ3n) is 3.15. The van der Waals surface area contributed by atoms with Crippen LogP contribution in [0.3, 0.4) is 0 Å². The predicted molar refractivity (Wildman–Crippen MR) is 62.5 cm³/mol. The maximum Gasteiger partial charge on any atom is 0.0805 e. The highest BCUT2D eigenvalue weighted by Gasteiger charge is 2.14. The summed E-state index contributed by atoms with van der Waals surface area (Å²) in [6.45, 7) is 3.77. The molecule has 14 heavy (non-hydrogen) atoms. The SMILES string of the molecule is C=CC(CCC1CCCCC1)N=CN. The second kappa shape index (κ2) is 6.63. The summed E-state index contributed by atoms with van der Waals surface area (Å²) in [6.07, 6.45) is 12.8. The molecule has 0 amide bonds. The van der Waals surface area contributed by atoms with Crippen molar-refractivity contribution >= 4 is 6.34 Å². The summed E-state index contributed by atoms with van der Waals surface area (Å²) in [5.74, 6) is 0.930. The van der Waals surface area contributed by atoms with E-state index in [-0.39, 0.29) is 6.04 Å². The summed E-state index contributed by atoms with van der Waals surface area (Å²) in [7, 11) is 0. The Balaban J connectivity index is 2.19. The molecule has 0 bridgehead atoms. The van der Waals surface area contributed by atoms with E-state index < -0.39 is 0 Å². The lowest BCUT2D eigenvalue weighted by Crippen LogP contribution is -2.10. The highest BCUT2D eigenvalue weighted by atomic mass is 14.8. The van der Waals surface area contributed by atoms with Crippen LogP contribution in [0, 0.1) is 5.92 Å². The van der Waals surface area contributed by atoms with Gasteiger partial charge < -0.3 is 5.73 Å². The molecule has 0 aromatic heterocycles. The van der Waals surface area contributed by atoms with Crippen molar-refractivity contribution in [2.24, 2.45) is 16.6 Å². The van der Waals surface area contributed by atoms with E-state index in [1.165, 1.54) is 44.9 Å². The van der Waals surface area contributed by atoms with Gasteiger partial charge in [-0.2, -0.15) is 0 Å². The van der Waals surface area contributed by atoms with E-state index in [1.54, 1.807) is 0 Å². The molecule has 0 aromatic rings. The Morgan fingerprint density at radius 2 is 2.07 bits per heavy atom. The van der Waals surface area contributed by atoms with Crippen molar-refractivity contribution in [3.63, 3.8) is 0 Å². The van der Waals surface area contributed by atoms with Crippen LogP contribution in [0.2, 0.25) is 0 Å². The maximum atomic E-state index is 5.27.